The van der Waals surface area contributed by atoms with Crippen molar-refractivity contribution < 1.29 is 9.53 Å². The van der Waals surface area contributed by atoms with E-state index in [-0.39, 0.29) is 11.9 Å². The predicted octanol–water partition coefficient (Wildman–Crippen LogP) is 4.16. The second-order valence-corrected chi connectivity index (χ2v) is 6.86. The summed E-state index contributed by atoms with van der Waals surface area (Å²) in [5.41, 5.74) is 2.66. The van der Waals surface area contributed by atoms with Crippen molar-refractivity contribution in [2.75, 3.05) is 5.32 Å². The molecule has 1 N–H and O–H groups in total. The minimum Gasteiger partial charge on any atom is -0.438 e. The van der Waals surface area contributed by atoms with Crippen molar-refractivity contribution in [1.29, 1.82) is 0 Å². The highest BCUT2D eigenvalue weighted by Crippen LogP contribution is 2.24. The van der Waals surface area contributed by atoms with Crippen LogP contribution in [0.25, 0.3) is 11.0 Å². The van der Waals surface area contributed by atoms with Gasteiger partial charge in [-0.05, 0) is 51.1 Å². The number of rotatable bonds is 5. The van der Waals surface area contributed by atoms with Crippen LogP contribution in [0.5, 0.6) is 11.6 Å². The molecule has 0 saturated heterocycles. The maximum Gasteiger partial charge on any atom is 0.256 e. The molecule has 0 unspecified atom stereocenters. The topological polar surface area (TPSA) is 94.8 Å². The summed E-state index contributed by atoms with van der Waals surface area (Å²) in [4.78, 5) is 25.5. The van der Waals surface area contributed by atoms with Gasteiger partial charge in [0.1, 0.15) is 5.75 Å². The van der Waals surface area contributed by atoms with E-state index in [0.717, 1.165) is 11.1 Å². The van der Waals surface area contributed by atoms with E-state index in [1.165, 1.54) is 6.20 Å². The Hall–Kier alpha value is -3.81. The van der Waals surface area contributed by atoms with Gasteiger partial charge in [-0.25, -0.2) is 14.6 Å². The summed E-state index contributed by atoms with van der Waals surface area (Å²) in [5.74, 6) is 0.788. The van der Waals surface area contributed by atoms with E-state index in [1.807, 2.05) is 25.5 Å². The minimum absolute atomic E-state index is 0.152. The van der Waals surface area contributed by atoms with Gasteiger partial charge in [-0.2, -0.15) is 5.10 Å². The highest BCUT2D eigenvalue weighted by atomic mass is 16.5. The Balaban J connectivity index is 1.55. The molecule has 146 valence electrons. The highest BCUT2D eigenvalue weighted by molar-refractivity contribution is 6.12. The zero-order chi connectivity index (χ0) is 20.4. The van der Waals surface area contributed by atoms with Crippen LogP contribution in [-0.4, -0.2) is 30.6 Å². The van der Waals surface area contributed by atoms with Gasteiger partial charge in [0.2, 0.25) is 5.88 Å². The molecule has 0 atom stereocenters. The summed E-state index contributed by atoms with van der Waals surface area (Å²) in [7, 11) is 0. The summed E-state index contributed by atoms with van der Waals surface area (Å²) < 4.78 is 7.43. The largest absolute Gasteiger partial charge is 0.438 e. The molecule has 0 aliphatic heterocycles. The number of ether oxygens (including phenoxy) is 1. The summed E-state index contributed by atoms with van der Waals surface area (Å²) in [6.45, 7) is 5.92. The minimum atomic E-state index is -0.216. The Bertz CT molecular complexity index is 1150. The Kier molecular flexibility index (Phi) is 4.90. The first-order valence-corrected chi connectivity index (χ1v) is 9.21. The van der Waals surface area contributed by atoms with Crippen molar-refractivity contribution in [1.82, 2.24) is 24.7 Å². The molecule has 1 amide bonds. The molecule has 0 saturated carbocycles. The fraction of sp³-hybridized carbons (Fsp3) is 0.190. The molecule has 29 heavy (non-hydrogen) atoms. The van der Waals surface area contributed by atoms with Crippen molar-refractivity contribution >= 4 is 22.6 Å². The molecule has 0 spiro atoms. The van der Waals surface area contributed by atoms with Crippen LogP contribution in [0.15, 0.2) is 55.1 Å². The van der Waals surface area contributed by atoms with Crippen LogP contribution in [-0.2, 0) is 0 Å². The fourth-order valence-corrected chi connectivity index (χ4v) is 2.97. The maximum absolute atomic E-state index is 12.9. The van der Waals surface area contributed by atoms with Crippen molar-refractivity contribution in [3.05, 3.63) is 66.4 Å². The van der Waals surface area contributed by atoms with Gasteiger partial charge >= 0.3 is 0 Å². The van der Waals surface area contributed by atoms with Crippen LogP contribution >= 0.6 is 0 Å². The molecule has 1 aromatic carbocycles. The standard InChI is InChI=1S/C21H20N6O2/c1-13(2)27-20-18(11-24-27)17(10-14(3)25-20)21(28)26-15-4-6-16(7-5-15)29-19-12-22-8-9-23-19/h4-13H,1-3H3,(H,26,28). The van der Waals surface area contributed by atoms with Crippen molar-refractivity contribution in [3.8, 4) is 11.6 Å². The molecule has 3 aromatic heterocycles. The van der Waals surface area contributed by atoms with Crippen LogP contribution in [0.3, 0.4) is 0 Å². The second-order valence-electron chi connectivity index (χ2n) is 6.86. The molecule has 4 rings (SSSR count). The van der Waals surface area contributed by atoms with E-state index in [4.69, 9.17) is 4.74 Å². The number of anilines is 1. The van der Waals surface area contributed by atoms with Crippen LogP contribution in [0.1, 0.15) is 35.9 Å². The summed E-state index contributed by atoms with van der Waals surface area (Å²) in [5, 5.41) is 8.03. The molecule has 0 fully saturated rings. The molecular weight excluding hydrogens is 368 g/mol. The molecular formula is C21H20N6O2. The lowest BCUT2D eigenvalue weighted by Gasteiger charge is -2.10. The lowest BCUT2D eigenvalue weighted by Crippen LogP contribution is -2.13. The number of benzene rings is 1. The number of hydrogen-bond donors (Lipinski definition) is 1. The number of fused-ring (bicyclic) bond motifs is 1. The van der Waals surface area contributed by atoms with Crippen molar-refractivity contribution in [2.45, 2.75) is 26.8 Å². The van der Waals surface area contributed by atoms with E-state index >= 15 is 0 Å². The lowest BCUT2D eigenvalue weighted by molar-refractivity contribution is 0.102. The number of hydrogen-bond acceptors (Lipinski definition) is 6. The zero-order valence-electron chi connectivity index (χ0n) is 16.3. The Morgan fingerprint density at radius 3 is 2.62 bits per heavy atom. The van der Waals surface area contributed by atoms with Crippen LogP contribution in [0, 0.1) is 6.92 Å². The van der Waals surface area contributed by atoms with E-state index < -0.39 is 0 Å². The van der Waals surface area contributed by atoms with E-state index in [1.54, 1.807) is 48.9 Å². The molecule has 0 radical (unpaired) electrons. The predicted molar refractivity (Wildman–Crippen MR) is 109 cm³/mol. The number of amides is 1. The van der Waals surface area contributed by atoms with Gasteiger partial charge < -0.3 is 10.1 Å². The summed E-state index contributed by atoms with van der Waals surface area (Å²) in [6.07, 6.45) is 6.36. The van der Waals surface area contributed by atoms with Gasteiger partial charge in [-0.1, -0.05) is 0 Å². The average molecular weight is 388 g/mol. The highest BCUT2D eigenvalue weighted by Gasteiger charge is 2.17. The molecule has 0 aliphatic rings. The van der Waals surface area contributed by atoms with Gasteiger partial charge in [0.25, 0.3) is 5.91 Å². The third-order valence-corrected chi connectivity index (χ3v) is 4.30. The van der Waals surface area contributed by atoms with Gasteiger partial charge in [0, 0.05) is 29.8 Å². The Morgan fingerprint density at radius 1 is 1.14 bits per heavy atom. The quantitative estimate of drug-likeness (QED) is 0.552. The smallest absolute Gasteiger partial charge is 0.256 e. The average Bonchev–Trinajstić information content (AvgIpc) is 3.13. The van der Waals surface area contributed by atoms with E-state index in [0.29, 0.717) is 28.5 Å². The Morgan fingerprint density at radius 2 is 1.93 bits per heavy atom. The number of carbonyl (C=O) groups is 1. The lowest BCUT2D eigenvalue weighted by atomic mass is 10.1. The third kappa shape index (κ3) is 3.91. The number of aryl methyl sites for hydroxylation is 1. The first-order valence-electron chi connectivity index (χ1n) is 9.21. The molecule has 0 aliphatic carbocycles. The zero-order valence-corrected chi connectivity index (χ0v) is 16.3. The molecule has 0 bridgehead atoms. The van der Waals surface area contributed by atoms with Crippen LogP contribution in [0.4, 0.5) is 5.69 Å². The molecule has 3 heterocycles. The van der Waals surface area contributed by atoms with Gasteiger partial charge in [-0.15, -0.1) is 0 Å². The number of pyridine rings is 1. The fourth-order valence-electron chi connectivity index (χ4n) is 2.97. The maximum atomic E-state index is 12.9. The first kappa shape index (κ1) is 18.5. The number of aromatic nitrogens is 5. The Labute approximate surface area is 167 Å². The third-order valence-electron chi connectivity index (χ3n) is 4.30. The van der Waals surface area contributed by atoms with Gasteiger partial charge in [0.05, 0.1) is 23.3 Å². The first-order chi connectivity index (χ1) is 14.0. The van der Waals surface area contributed by atoms with Crippen molar-refractivity contribution in [2.24, 2.45) is 0 Å². The van der Waals surface area contributed by atoms with Gasteiger partial charge in [0.15, 0.2) is 5.65 Å². The van der Waals surface area contributed by atoms with Crippen LogP contribution < -0.4 is 10.1 Å². The van der Waals surface area contributed by atoms with E-state index in [9.17, 15) is 4.79 Å². The summed E-state index contributed by atoms with van der Waals surface area (Å²) in [6, 6.07) is 8.98. The number of nitrogens with one attached hydrogen (secondary N) is 1. The monoisotopic (exact) mass is 388 g/mol. The van der Waals surface area contributed by atoms with Crippen molar-refractivity contribution in [3.63, 3.8) is 0 Å². The van der Waals surface area contributed by atoms with Gasteiger partial charge in [-0.3, -0.25) is 9.78 Å². The summed E-state index contributed by atoms with van der Waals surface area (Å²) >= 11 is 0. The number of carbonyl (C=O) groups excluding carboxylic acids is 1. The second kappa shape index (κ2) is 7.67. The molecule has 8 heteroatoms. The van der Waals surface area contributed by atoms with Crippen LogP contribution in [0.2, 0.25) is 0 Å². The number of nitrogens with zero attached hydrogens (tertiary/aromatic N) is 5. The molecule has 4 aromatic rings. The van der Waals surface area contributed by atoms with E-state index in [2.05, 4.69) is 25.4 Å². The molecule has 8 nitrogen and oxygen atoms in total. The normalized spacial score (nSPS) is 11.0. The SMILES string of the molecule is Cc1cc(C(=O)Nc2ccc(Oc3cnccn3)cc2)c2cnn(C(C)C)c2n1.